The number of H-pyrrole nitrogens is 1. The predicted molar refractivity (Wildman–Crippen MR) is 46.1 cm³/mol. The lowest BCUT2D eigenvalue weighted by Crippen LogP contribution is -2.22. The molecule has 74 valence electrons. The van der Waals surface area contributed by atoms with Crippen LogP contribution in [0, 0.1) is 13.8 Å². The Morgan fingerprint density at radius 3 is 2.38 bits per heavy atom. The van der Waals surface area contributed by atoms with Crippen LogP contribution in [0.3, 0.4) is 0 Å². The number of aliphatic hydroxyl groups is 3. The number of rotatable bonds is 3. The van der Waals surface area contributed by atoms with Gasteiger partial charge in [0.2, 0.25) is 0 Å². The summed E-state index contributed by atoms with van der Waals surface area (Å²) in [5.41, 5.74) is 1.90. The van der Waals surface area contributed by atoms with E-state index < -0.39 is 18.8 Å². The minimum absolute atomic E-state index is 0.467. The van der Waals surface area contributed by atoms with Gasteiger partial charge in [0.05, 0.1) is 12.3 Å². The molecular formula is C8H14N2O3. The van der Waals surface area contributed by atoms with Crippen molar-refractivity contribution in [2.45, 2.75) is 26.1 Å². The summed E-state index contributed by atoms with van der Waals surface area (Å²) in [5.74, 6) is 0. The van der Waals surface area contributed by atoms with E-state index >= 15 is 0 Å². The summed E-state index contributed by atoms with van der Waals surface area (Å²) in [6, 6.07) is 0. The molecular weight excluding hydrogens is 172 g/mol. The van der Waals surface area contributed by atoms with Crippen molar-refractivity contribution in [3.05, 3.63) is 17.0 Å². The highest BCUT2D eigenvalue weighted by molar-refractivity contribution is 5.26. The fourth-order valence-electron chi connectivity index (χ4n) is 1.29. The standard InChI is InChI=1S/C8H14N2O3/c1-4-7(5(2)10-9-4)8(13)6(12)3-11/h6,8,11-13H,3H2,1-2H3,(H,9,10). The van der Waals surface area contributed by atoms with Gasteiger partial charge in [0, 0.05) is 11.3 Å². The van der Waals surface area contributed by atoms with Crippen LogP contribution in [0.2, 0.25) is 0 Å². The lowest BCUT2D eigenvalue weighted by molar-refractivity contribution is -0.0158. The fourth-order valence-corrected chi connectivity index (χ4v) is 1.29. The average Bonchev–Trinajstić information content (AvgIpc) is 2.44. The van der Waals surface area contributed by atoms with Gasteiger partial charge in [-0.1, -0.05) is 0 Å². The molecule has 4 N–H and O–H groups in total. The molecule has 0 fully saturated rings. The van der Waals surface area contributed by atoms with Gasteiger partial charge in [-0.15, -0.1) is 0 Å². The number of aromatic amines is 1. The van der Waals surface area contributed by atoms with Crippen molar-refractivity contribution in [3.8, 4) is 0 Å². The van der Waals surface area contributed by atoms with Crippen LogP contribution >= 0.6 is 0 Å². The zero-order valence-corrected chi connectivity index (χ0v) is 7.65. The van der Waals surface area contributed by atoms with Gasteiger partial charge in [0.25, 0.3) is 0 Å². The van der Waals surface area contributed by atoms with E-state index in [-0.39, 0.29) is 0 Å². The van der Waals surface area contributed by atoms with Gasteiger partial charge < -0.3 is 15.3 Å². The molecule has 2 atom stereocenters. The third kappa shape index (κ3) is 1.88. The third-order valence-electron chi connectivity index (χ3n) is 2.03. The van der Waals surface area contributed by atoms with Gasteiger partial charge >= 0.3 is 0 Å². The molecule has 1 rings (SSSR count). The lowest BCUT2D eigenvalue weighted by Gasteiger charge is -2.15. The molecule has 0 amide bonds. The number of nitrogens with zero attached hydrogens (tertiary/aromatic N) is 1. The maximum absolute atomic E-state index is 9.57. The summed E-state index contributed by atoms with van der Waals surface area (Å²) in [6.45, 7) is 3.01. The van der Waals surface area contributed by atoms with Gasteiger partial charge in [-0.2, -0.15) is 5.10 Å². The molecule has 5 nitrogen and oxygen atoms in total. The second-order valence-electron chi connectivity index (χ2n) is 3.04. The number of hydrogen-bond donors (Lipinski definition) is 4. The Hall–Kier alpha value is -0.910. The maximum atomic E-state index is 9.57. The zero-order chi connectivity index (χ0) is 10.0. The minimum atomic E-state index is -1.16. The molecule has 0 bridgehead atoms. The van der Waals surface area contributed by atoms with E-state index in [0.717, 1.165) is 0 Å². The monoisotopic (exact) mass is 186 g/mol. The van der Waals surface area contributed by atoms with E-state index in [1.165, 1.54) is 0 Å². The summed E-state index contributed by atoms with van der Waals surface area (Å²) in [4.78, 5) is 0. The van der Waals surface area contributed by atoms with Crippen LogP contribution in [0.4, 0.5) is 0 Å². The van der Waals surface area contributed by atoms with Crippen LogP contribution in [0.5, 0.6) is 0 Å². The van der Waals surface area contributed by atoms with Crippen molar-refractivity contribution in [2.75, 3.05) is 6.61 Å². The largest absolute Gasteiger partial charge is 0.394 e. The predicted octanol–water partition coefficient (Wildman–Crippen LogP) is -0.587. The Kier molecular flexibility index (Phi) is 3.02. The van der Waals surface area contributed by atoms with E-state index in [0.29, 0.717) is 17.0 Å². The Bertz CT molecular complexity index is 265. The van der Waals surface area contributed by atoms with Gasteiger partial charge in [-0.3, -0.25) is 5.10 Å². The molecule has 5 heteroatoms. The molecule has 0 aliphatic rings. The van der Waals surface area contributed by atoms with Crippen molar-refractivity contribution >= 4 is 0 Å². The number of aromatic nitrogens is 2. The van der Waals surface area contributed by atoms with Gasteiger partial charge in [-0.05, 0) is 13.8 Å². The summed E-state index contributed by atoms with van der Waals surface area (Å²) in [6.07, 6.45) is -2.24. The summed E-state index contributed by atoms with van der Waals surface area (Å²) < 4.78 is 0. The van der Waals surface area contributed by atoms with Gasteiger partial charge in [0.15, 0.2) is 0 Å². The van der Waals surface area contributed by atoms with E-state index in [1.54, 1.807) is 13.8 Å². The highest BCUT2D eigenvalue weighted by Gasteiger charge is 2.22. The highest BCUT2D eigenvalue weighted by atomic mass is 16.4. The molecule has 0 saturated carbocycles. The first-order chi connectivity index (χ1) is 6.07. The Morgan fingerprint density at radius 2 is 2.00 bits per heavy atom. The Morgan fingerprint density at radius 1 is 1.38 bits per heavy atom. The molecule has 2 unspecified atom stereocenters. The topological polar surface area (TPSA) is 89.4 Å². The van der Waals surface area contributed by atoms with Crippen molar-refractivity contribution in [2.24, 2.45) is 0 Å². The second kappa shape index (κ2) is 3.87. The molecule has 1 heterocycles. The first kappa shape index (κ1) is 10.2. The second-order valence-corrected chi connectivity index (χ2v) is 3.04. The smallest absolute Gasteiger partial charge is 0.111 e. The van der Waals surface area contributed by atoms with E-state index in [9.17, 15) is 10.2 Å². The molecule has 1 aromatic rings. The minimum Gasteiger partial charge on any atom is -0.394 e. The number of hydrogen-bond acceptors (Lipinski definition) is 4. The van der Waals surface area contributed by atoms with Crippen molar-refractivity contribution in [1.29, 1.82) is 0 Å². The Labute approximate surface area is 76.0 Å². The molecule has 0 saturated heterocycles. The maximum Gasteiger partial charge on any atom is 0.111 e. The average molecular weight is 186 g/mol. The molecule has 0 aliphatic heterocycles. The van der Waals surface area contributed by atoms with Gasteiger partial charge in [-0.25, -0.2) is 0 Å². The van der Waals surface area contributed by atoms with Crippen LogP contribution in [0.25, 0.3) is 0 Å². The van der Waals surface area contributed by atoms with E-state index in [4.69, 9.17) is 5.11 Å². The van der Waals surface area contributed by atoms with E-state index in [2.05, 4.69) is 10.2 Å². The summed E-state index contributed by atoms with van der Waals surface area (Å²) >= 11 is 0. The molecule has 13 heavy (non-hydrogen) atoms. The van der Waals surface area contributed by atoms with Crippen LogP contribution < -0.4 is 0 Å². The first-order valence-electron chi connectivity index (χ1n) is 4.06. The Balaban J connectivity index is 2.93. The molecule has 0 radical (unpaired) electrons. The normalized spacial score (nSPS) is 15.8. The quantitative estimate of drug-likeness (QED) is 0.508. The number of nitrogens with one attached hydrogen (secondary N) is 1. The first-order valence-corrected chi connectivity index (χ1v) is 4.06. The van der Waals surface area contributed by atoms with E-state index in [1.807, 2.05) is 0 Å². The van der Waals surface area contributed by atoms with Crippen LogP contribution in [-0.4, -0.2) is 38.2 Å². The van der Waals surface area contributed by atoms with Crippen LogP contribution in [-0.2, 0) is 0 Å². The lowest BCUT2D eigenvalue weighted by atomic mass is 10.0. The number of aliphatic hydroxyl groups excluding tert-OH is 3. The van der Waals surface area contributed by atoms with Gasteiger partial charge in [0.1, 0.15) is 12.2 Å². The molecule has 1 aromatic heterocycles. The fraction of sp³-hybridized carbons (Fsp3) is 0.625. The van der Waals surface area contributed by atoms with Crippen molar-refractivity contribution < 1.29 is 15.3 Å². The van der Waals surface area contributed by atoms with Crippen molar-refractivity contribution in [3.63, 3.8) is 0 Å². The van der Waals surface area contributed by atoms with Crippen LogP contribution in [0.1, 0.15) is 23.1 Å². The highest BCUT2D eigenvalue weighted by Crippen LogP contribution is 2.21. The third-order valence-corrected chi connectivity index (χ3v) is 2.03. The summed E-state index contributed by atoms with van der Waals surface area (Å²) in [5, 5.41) is 34.0. The molecule has 0 spiro atoms. The zero-order valence-electron chi connectivity index (χ0n) is 7.65. The SMILES string of the molecule is Cc1n[nH]c(C)c1C(O)C(O)CO. The molecule has 0 aromatic carbocycles. The summed E-state index contributed by atoms with van der Waals surface area (Å²) in [7, 11) is 0. The van der Waals surface area contributed by atoms with Crippen molar-refractivity contribution in [1.82, 2.24) is 10.2 Å². The number of aryl methyl sites for hydroxylation is 2. The molecule has 0 aliphatic carbocycles. The van der Waals surface area contributed by atoms with Crippen LogP contribution in [0.15, 0.2) is 0 Å².